The number of carbonyl (C=O) groups is 1. The van der Waals surface area contributed by atoms with Crippen molar-refractivity contribution in [3.05, 3.63) is 0 Å². The van der Waals surface area contributed by atoms with Crippen LogP contribution >= 0.6 is 0 Å². The Balaban J connectivity index is 1.57. The van der Waals surface area contributed by atoms with Gasteiger partial charge in [-0.25, -0.2) is 4.79 Å². The van der Waals surface area contributed by atoms with E-state index in [4.69, 9.17) is 4.74 Å². The molecule has 0 aromatic rings. The highest BCUT2D eigenvalue weighted by Gasteiger charge is 2.22. The van der Waals surface area contributed by atoms with Crippen LogP contribution in [0.4, 0.5) is 4.79 Å². The predicted molar refractivity (Wildman–Crippen MR) is 75.2 cm³/mol. The molecule has 5 nitrogen and oxygen atoms in total. The van der Waals surface area contributed by atoms with E-state index in [2.05, 4.69) is 17.3 Å². The molecular weight excluding hydrogens is 242 g/mol. The molecule has 0 radical (unpaired) electrons. The summed E-state index contributed by atoms with van der Waals surface area (Å²) in [5.74, 6) is 0.789. The summed E-state index contributed by atoms with van der Waals surface area (Å²) in [5, 5.41) is 3.10. The molecule has 1 heterocycles. The van der Waals surface area contributed by atoms with Crippen molar-refractivity contribution >= 4 is 6.03 Å². The standard InChI is InChI=1S/C14H27N3O2/c1-16-7-3-4-13(10-16)15-14(18)17(2)8-9-19-11-12-5-6-12/h12-13H,3-11H2,1-2H3,(H,15,18)/t13-/m0/s1. The van der Waals surface area contributed by atoms with Gasteiger partial charge >= 0.3 is 6.03 Å². The van der Waals surface area contributed by atoms with Crippen LogP contribution in [0.2, 0.25) is 0 Å². The summed E-state index contributed by atoms with van der Waals surface area (Å²) < 4.78 is 5.56. The van der Waals surface area contributed by atoms with Crippen molar-refractivity contribution in [3.63, 3.8) is 0 Å². The zero-order chi connectivity index (χ0) is 13.7. The molecule has 0 spiro atoms. The summed E-state index contributed by atoms with van der Waals surface area (Å²) >= 11 is 0. The minimum Gasteiger partial charge on any atom is -0.379 e. The summed E-state index contributed by atoms with van der Waals surface area (Å²) in [5.41, 5.74) is 0. The highest BCUT2D eigenvalue weighted by atomic mass is 16.5. The molecule has 1 saturated carbocycles. The Morgan fingerprint density at radius 2 is 2.21 bits per heavy atom. The SMILES string of the molecule is CN1CCC[C@H](NC(=O)N(C)CCOCC2CC2)C1. The average molecular weight is 269 g/mol. The molecule has 5 heteroatoms. The van der Waals surface area contributed by atoms with Gasteiger partial charge in [-0.1, -0.05) is 0 Å². The van der Waals surface area contributed by atoms with Crippen molar-refractivity contribution in [2.24, 2.45) is 5.92 Å². The second-order valence-electron chi connectivity index (χ2n) is 5.99. The molecule has 1 atom stereocenters. The Labute approximate surface area is 116 Å². The quantitative estimate of drug-likeness (QED) is 0.736. The second kappa shape index (κ2) is 7.10. The van der Waals surface area contributed by atoms with E-state index in [0.29, 0.717) is 19.2 Å². The molecule has 2 fully saturated rings. The molecule has 2 aliphatic rings. The number of nitrogens with one attached hydrogen (secondary N) is 1. The van der Waals surface area contributed by atoms with Gasteiger partial charge in [-0.15, -0.1) is 0 Å². The summed E-state index contributed by atoms with van der Waals surface area (Å²) in [4.78, 5) is 16.0. The monoisotopic (exact) mass is 269 g/mol. The molecule has 0 aromatic heterocycles. The first-order valence-corrected chi connectivity index (χ1v) is 7.43. The highest BCUT2D eigenvalue weighted by Crippen LogP contribution is 2.28. The predicted octanol–water partition coefficient (Wildman–Crippen LogP) is 1.15. The first kappa shape index (κ1) is 14.6. The minimum atomic E-state index is 0.0234. The molecular formula is C14H27N3O2. The second-order valence-corrected chi connectivity index (χ2v) is 5.99. The number of likely N-dealkylation sites (tertiary alicyclic amines) is 1. The van der Waals surface area contributed by atoms with E-state index >= 15 is 0 Å². The van der Waals surface area contributed by atoms with Crippen molar-refractivity contribution < 1.29 is 9.53 Å². The number of hydrogen-bond acceptors (Lipinski definition) is 3. The van der Waals surface area contributed by atoms with Crippen molar-refractivity contribution in [3.8, 4) is 0 Å². The van der Waals surface area contributed by atoms with Crippen LogP contribution in [0.5, 0.6) is 0 Å². The molecule has 19 heavy (non-hydrogen) atoms. The van der Waals surface area contributed by atoms with Crippen molar-refractivity contribution in [1.82, 2.24) is 15.1 Å². The zero-order valence-electron chi connectivity index (χ0n) is 12.2. The van der Waals surface area contributed by atoms with Gasteiger partial charge in [0.1, 0.15) is 0 Å². The number of rotatable bonds is 6. The molecule has 0 unspecified atom stereocenters. The van der Waals surface area contributed by atoms with E-state index in [1.807, 2.05) is 7.05 Å². The van der Waals surface area contributed by atoms with Gasteiger partial charge in [0.15, 0.2) is 0 Å². The Bertz CT molecular complexity index is 294. The molecule has 1 N–H and O–H groups in total. The number of carbonyl (C=O) groups excluding carboxylic acids is 1. The van der Waals surface area contributed by atoms with Crippen LogP contribution in [0, 0.1) is 5.92 Å². The first-order chi connectivity index (χ1) is 9.15. The molecule has 2 amide bonds. The van der Waals surface area contributed by atoms with Gasteiger partial charge in [-0.05, 0) is 45.2 Å². The Hall–Kier alpha value is -0.810. The van der Waals surface area contributed by atoms with Gasteiger partial charge in [0, 0.05) is 32.8 Å². The maximum Gasteiger partial charge on any atom is 0.317 e. The van der Waals surface area contributed by atoms with Gasteiger partial charge < -0.3 is 19.9 Å². The number of amides is 2. The summed E-state index contributed by atoms with van der Waals surface area (Å²) in [6.45, 7) is 4.27. The lowest BCUT2D eigenvalue weighted by molar-refractivity contribution is 0.106. The topological polar surface area (TPSA) is 44.8 Å². The maximum absolute atomic E-state index is 12.0. The van der Waals surface area contributed by atoms with E-state index in [-0.39, 0.29) is 6.03 Å². The fourth-order valence-corrected chi connectivity index (χ4v) is 2.41. The molecule has 0 bridgehead atoms. The molecule has 110 valence electrons. The molecule has 1 aliphatic carbocycles. The Morgan fingerprint density at radius 1 is 1.42 bits per heavy atom. The van der Waals surface area contributed by atoms with Crippen LogP contribution in [0.1, 0.15) is 25.7 Å². The largest absolute Gasteiger partial charge is 0.379 e. The normalized spacial score (nSPS) is 24.2. The molecule has 1 aliphatic heterocycles. The molecule has 0 aromatic carbocycles. The Kier molecular flexibility index (Phi) is 5.45. The van der Waals surface area contributed by atoms with E-state index in [1.165, 1.54) is 12.8 Å². The number of ether oxygens (including phenoxy) is 1. The van der Waals surface area contributed by atoms with Gasteiger partial charge in [-0.3, -0.25) is 0 Å². The fourth-order valence-electron chi connectivity index (χ4n) is 2.41. The maximum atomic E-state index is 12.0. The highest BCUT2D eigenvalue weighted by molar-refractivity contribution is 5.74. The van der Waals surface area contributed by atoms with Crippen LogP contribution in [-0.4, -0.2) is 68.8 Å². The van der Waals surface area contributed by atoms with Gasteiger partial charge in [0.05, 0.1) is 6.61 Å². The summed E-state index contributed by atoms with van der Waals surface area (Å²) in [6.07, 6.45) is 4.87. The van der Waals surface area contributed by atoms with E-state index in [1.54, 1.807) is 4.90 Å². The van der Waals surface area contributed by atoms with E-state index in [9.17, 15) is 4.79 Å². The number of nitrogens with zero attached hydrogens (tertiary/aromatic N) is 2. The molecule has 2 rings (SSSR count). The average Bonchev–Trinajstić information content (AvgIpc) is 3.18. The van der Waals surface area contributed by atoms with Crippen LogP contribution in [0.15, 0.2) is 0 Å². The Morgan fingerprint density at radius 3 is 2.89 bits per heavy atom. The van der Waals surface area contributed by atoms with Crippen molar-refractivity contribution in [2.75, 3.05) is 46.9 Å². The fraction of sp³-hybridized carbons (Fsp3) is 0.929. The lowest BCUT2D eigenvalue weighted by Gasteiger charge is -2.31. The lowest BCUT2D eigenvalue weighted by atomic mass is 10.1. The number of likely N-dealkylation sites (N-methyl/N-ethyl adjacent to an activating group) is 2. The van der Waals surface area contributed by atoms with E-state index < -0.39 is 0 Å². The van der Waals surface area contributed by atoms with Gasteiger partial charge in [0.2, 0.25) is 0 Å². The van der Waals surface area contributed by atoms with Crippen LogP contribution in [0.25, 0.3) is 0 Å². The first-order valence-electron chi connectivity index (χ1n) is 7.43. The lowest BCUT2D eigenvalue weighted by Crippen LogP contribution is -2.50. The molecule has 1 saturated heterocycles. The minimum absolute atomic E-state index is 0.0234. The van der Waals surface area contributed by atoms with Crippen LogP contribution in [0.3, 0.4) is 0 Å². The zero-order valence-corrected chi connectivity index (χ0v) is 12.2. The van der Waals surface area contributed by atoms with Gasteiger partial charge in [-0.2, -0.15) is 0 Å². The summed E-state index contributed by atoms with van der Waals surface area (Å²) in [7, 11) is 3.94. The number of hydrogen-bond donors (Lipinski definition) is 1. The number of piperidine rings is 1. The third-order valence-corrected chi connectivity index (χ3v) is 3.92. The number of urea groups is 1. The summed E-state index contributed by atoms with van der Waals surface area (Å²) in [6, 6.07) is 0.316. The third-order valence-electron chi connectivity index (χ3n) is 3.92. The third kappa shape index (κ3) is 5.37. The van der Waals surface area contributed by atoms with Crippen molar-refractivity contribution in [2.45, 2.75) is 31.7 Å². The smallest absolute Gasteiger partial charge is 0.317 e. The van der Waals surface area contributed by atoms with E-state index in [0.717, 1.165) is 38.5 Å². The van der Waals surface area contributed by atoms with Crippen LogP contribution in [-0.2, 0) is 4.74 Å². The van der Waals surface area contributed by atoms with Gasteiger partial charge in [0.25, 0.3) is 0 Å². The van der Waals surface area contributed by atoms with Crippen molar-refractivity contribution in [1.29, 1.82) is 0 Å². The van der Waals surface area contributed by atoms with Crippen LogP contribution < -0.4 is 5.32 Å².